The van der Waals surface area contributed by atoms with Crippen molar-refractivity contribution in [1.29, 1.82) is 0 Å². The molecule has 1 aliphatic carbocycles. The minimum atomic E-state index is -0.198. The maximum absolute atomic E-state index is 13.6. The van der Waals surface area contributed by atoms with Gasteiger partial charge in [0.15, 0.2) is 0 Å². The molecular weight excluding hydrogens is 428 g/mol. The van der Waals surface area contributed by atoms with E-state index in [4.69, 9.17) is 4.74 Å². The molecule has 1 aromatic heterocycles. The number of aryl methyl sites for hydroxylation is 1. The fourth-order valence-electron chi connectivity index (χ4n) is 5.12. The van der Waals surface area contributed by atoms with Crippen LogP contribution in [0.1, 0.15) is 48.2 Å². The van der Waals surface area contributed by atoms with Crippen molar-refractivity contribution >= 4 is 28.5 Å². The maximum atomic E-state index is 13.6. The standard InChI is InChI=1S/C27H32N4O3/c1-18-16-21-23(19-8-4-2-5-9-19)25(26(32)31-12-14-34-15-13-31)30-24(21)22(17-18)29-27(33)28-20-10-6-3-7-11-20/h2,4-5,8-9,16-17,20,30H,3,6-7,10-15H2,1H3,(H2,28,29,33). The number of hydrogen-bond acceptors (Lipinski definition) is 3. The van der Waals surface area contributed by atoms with E-state index in [-0.39, 0.29) is 18.0 Å². The molecule has 0 radical (unpaired) electrons. The van der Waals surface area contributed by atoms with Crippen LogP contribution >= 0.6 is 0 Å². The summed E-state index contributed by atoms with van der Waals surface area (Å²) in [6.45, 7) is 4.22. The molecule has 1 saturated heterocycles. The van der Waals surface area contributed by atoms with Crippen LogP contribution in [0, 0.1) is 6.92 Å². The highest BCUT2D eigenvalue weighted by Crippen LogP contribution is 2.37. The van der Waals surface area contributed by atoms with E-state index in [2.05, 4.69) is 21.7 Å². The molecule has 2 fully saturated rings. The zero-order chi connectivity index (χ0) is 23.5. The molecule has 5 rings (SSSR count). The number of nitrogens with zero attached hydrogens (tertiary/aromatic N) is 1. The van der Waals surface area contributed by atoms with Crippen molar-refractivity contribution < 1.29 is 14.3 Å². The Morgan fingerprint density at radius 2 is 1.76 bits per heavy atom. The minimum absolute atomic E-state index is 0.0476. The van der Waals surface area contributed by atoms with E-state index in [0.717, 1.165) is 53.3 Å². The number of morpholine rings is 1. The number of hydrogen-bond donors (Lipinski definition) is 3. The molecule has 2 heterocycles. The molecule has 3 aromatic rings. The van der Waals surface area contributed by atoms with Crippen LogP contribution in [0.2, 0.25) is 0 Å². The monoisotopic (exact) mass is 460 g/mol. The highest BCUT2D eigenvalue weighted by Gasteiger charge is 2.26. The number of carbonyl (C=O) groups is 2. The van der Waals surface area contributed by atoms with Gasteiger partial charge in [0.05, 0.1) is 24.4 Å². The van der Waals surface area contributed by atoms with Gasteiger partial charge in [-0.15, -0.1) is 0 Å². The number of ether oxygens (including phenoxy) is 1. The van der Waals surface area contributed by atoms with E-state index in [1.54, 1.807) is 0 Å². The Morgan fingerprint density at radius 1 is 1.03 bits per heavy atom. The smallest absolute Gasteiger partial charge is 0.319 e. The van der Waals surface area contributed by atoms with Gasteiger partial charge < -0.3 is 25.3 Å². The van der Waals surface area contributed by atoms with Gasteiger partial charge in [-0.25, -0.2) is 4.79 Å². The molecule has 3 amide bonds. The number of fused-ring (bicyclic) bond motifs is 1. The highest BCUT2D eigenvalue weighted by atomic mass is 16.5. The fraction of sp³-hybridized carbons (Fsp3) is 0.407. The molecule has 178 valence electrons. The van der Waals surface area contributed by atoms with Crippen LogP contribution in [0.4, 0.5) is 10.5 Å². The number of benzene rings is 2. The van der Waals surface area contributed by atoms with Crippen LogP contribution in [0.15, 0.2) is 42.5 Å². The van der Waals surface area contributed by atoms with Gasteiger partial charge in [-0.2, -0.15) is 0 Å². The SMILES string of the molecule is Cc1cc(NC(=O)NC2CCCCC2)c2[nH]c(C(=O)N3CCOCC3)c(-c3ccccc3)c2c1. The summed E-state index contributed by atoms with van der Waals surface area (Å²) in [7, 11) is 0. The van der Waals surface area contributed by atoms with Crippen molar-refractivity contribution in [2.45, 2.75) is 45.1 Å². The second-order valence-corrected chi connectivity index (χ2v) is 9.31. The summed E-state index contributed by atoms with van der Waals surface area (Å²) < 4.78 is 5.44. The Balaban J connectivity index is 1.54. The molecule has 3 N–H and O–H groups in total. The van der Waals surface area contributed by atoms with Crippen LogP contribution in [-0.4, -0.2) is 54.2 Å². The number of rotatable bonds is 4. The first-order chi connectivity index (χ1) is 16.6. The van der Waals surface area contributed by atoms with Gasteiger partial charge in [0, 0.05) is 30.1 Å². The number of anilines is 1. The molecule has 0 spiro atoms. The zero-order valence-electron chi connectivity index (χ0n) is 19.7. The summed E-state index contributed by atoms with van der Waals surface area (Å²) >= 11 is 0. The number of H-pyrrole nitrogens is 1. The molecule has 7 heteroatoms. The van der Waals surface area contributed by atoms with Crippen LogP contribution in [-0.2, 0) is 4.74 Å². The Kier molecular flexibility index (Phi) is 6.54. The average Bonchev–Trinajstić information content (AvgIpc) is 3.24. The molecule has 0 atom stereocenters. The number of carbonyl (C=O) groups excluding carboxylic acids is 2. The molecule has 2 aromatic carbocycles. The zero-order valence-corrected chi connectivity index (χ0v) is 19.7. The maximum Gasteiger partial charge on any atom is 0.319 e. The van der Waals surface area contributed by atoms with Crippen molar-refractivity contribution in [3.8, 4) is 11.1 Å². The van der Waals surface area contributed by atoms with Crippen LogP contribution in [0.25, 0.3) is 22.0 Å². The molecule has 2 aliphatic rings. The second-order valence-electron chi connectivity index (χ2n) is 9.31. The fourth-order valence-corrected chi connectivity index (χ4v) is 5.12. The van der Waals surface area contributed by atoms with Gasteiger partial charge in [-0.05, 0) is 43.0 Å². The van der Waals surface area contributed by atoms with E-state index in [1.807, 2.05) is 48.2 Å². The summed E-state index contributed by atoms with van der Waals surface area (Å²) in [4.78, 5) is 31.7. The number of nitrogens with one attached hydrogen (secondary N) is 3. The largest absolute Gasteiger partial charge is 0.378 e. The molecule has 1 saturated carbocycles. The lowest BCUT2D eigenvalue weighted by Gasteiger charge is -2.26. The number of aromatic nitrogens is 1. The third-order valence-corrected chi connectivity index (χ3v) is 6.82. The van der Waals surface area contributed by atoms with E-state index in [9.17, 15) is 9.59 Å². The molecular formula is C27H32N4O3. The van der Waals surface area contributed by atoms with Gasteiger partial charge in [0.25, 0.3) is 5.91 Å². The topological polar surface area (TPSA) is 86.5 Å². The van der Waals surface area contributed by atoms with Gasteiger partial charge >= 0.3 is 6.03 Å². The molecule has 0 bridgehead atoms. The Hall–Kier alpha value is -3.32. The highest BCUT2D eigenvalue weighted by molar-refractivity contribution is 6.13. The Morgan fingerprint density at radius 3 is 2.50 bits per heavy atom. The minimum Gasteiger partial charge on any atom is -0.378 e. The first kappa shape index (κ1) is 22.5. The third kappa shape index (κ3) is 4.66. The predicted octanol–water partition coefficient (Wildman–Crippen LogP) is 5.07. The van der Waals surface area contributed by atoms with E-state index < -0.39 is 0 Å². The van der Waals surface area contributed by atoms with Gasteiger partial charge in [-0.1, -0.05) is 49.6 Å². The summed E-state index contributed by atoms with van der Waals surface area (Å²) in [6, 6.07) is 14.0. The second kappa shape index (κ2) is 9.89. The lowest BCUT2D eigenvalue weighted by molar-refractivity contribution is 0.0300. The lowest BCUT2D eigenvalue weighted by Crippen LogP contribution is -2.41. The summed E-state index contributed by atoms with van der Waals surface area (Å²) in [5, 5.41) is 7.11. The number of aromatic amines is 1. The van der Waals surface area contributed by atoms with Gasteiger partial charge in [0.1, 0.15) is 5.69 Å². The van der Waals surface area contributed by atoms with E-state index >= 15 is 0 Å². The van der Waals surface area contributed by atoms with Crippen molar-refractivity contribution in [2.75, 3.05) is 31.6 Å². The van der Waals surface area contributed by atoms with Gasteiger partial charge in [0.2, 0.25) is 0 Å². The molecule has 1 aliphatic heterocycles. The van der Waals surface area contributed by atoms with Gasteiger partial charge in [-0.3, -0.25) is 4.79 Å². The Labute approximate surface area is 199 Å². The first-order valence-corrected chi connectivity index (χ1v) is 12.3. The quantitative estimate of drug-likeness (QED) is 0.508. The third-order valence-electron chi connectivity index (χ3n) is 6.82. The molecule has 0 unspecified atom stereocenters. The van der Waals surface area contributed by atoms with Crippen molar-refractivity contribution in [3.63, 3.8) is 0 Å². The summed E-state index contributed by atoms with van der Waals surface area (Å²) in [5.74, 6) is -0.0476. The van der Waals surface area contributed by atoms with Crippen LogP contribution < -0.4 is 10.6 Å². The number of urea groups is 1. The van der Waals surface area contributed by atoms with Crippen molar-refractivity contribution in [1.82, 2.24) is 15.2 Å². The predicted molar refractivity (Wildman–Crippen MR) is 134 cm³/mol. The van der Waals surface area contributed by atoms with E-state index in [0.29, 0.717) is 37.7 Å². The number of amides is 3. The average molecular weight is 461 g/mol. The van der Waals surface area contributed by atoms with Crippen molar-refractivity contribution in [2.24, 2.45) is 0 Å². The summed E-state index contributed by atoms with van der Waals surface area (Å²) in [5.41, 5.74) is 4.84. The summed E-state index contributed by atoms with van der Waals surface area (Å²) in [6.07, 6.45) is 5.60. The lowest BCUT2D eigenvalue weighted by atomic mass is 9.96. The van der Waals surface area contributed by atoms with E-state index in [1.165, 1.54) is 6.42 Å². The normalized spacial score (nSPS) is 17.0. The Bertz CT molecular complexity index is 1180. The molecule has 34 heavy (non-hydrogen) atoms. The first-order valence-electron chi connectivity index (χ1n) is 12.3. The van der Waals surface area contributed by atoms with Crippen LogP contribution in [0.3, 0.4) is 0 Å². The van der Waals surface area contributed by atoms with Crippen molar-refractivity contribution in [3.05, 3.63) is 53.7 Å². The molecule has 7 nitrogen and oxygen atoms in total. The van der Waals surface area contributed by atoms with Crippen LogP contribution in [0.5, 0.6) is 0 Å².